The van der Waals surface area contributed by atoms with Crippen LogP contribution in [-0.4, -0.2) is 23.2 Å². The molecular weight excluding hydrogens is 262 g/mol. The largest absolute Gasteiger partial charge is 0.497 e. The van der Waals surface area contributed by atoms with Gasteiger partial charge in [-0.2, -0.15) is 0 Å². The lowest BCUT2D eigenvalue weighted by Crippen LogP contribution is -2.00. The third-order valence-corrected chi connectivity index (χ3v) is 3.97. The number of thiazole rings is 1. The first kappa shape index (κ1) is 13.5. The van der Waals surface area contributed by atoms with E-state index in [1.165, 1.54) is 11.3 Å². The molecule has 19 heavy (non-hydrogen) atoms. The summed E-state index contributed by atoms with van der Waals surface area (Å²) < 4.78 is 5.16. The zero-order chi connectivity index (χ0) is 13.8. The third kappa shape index (κ3) is 3.12. The van der Waals surface area contributed by atoms with E-state index in [0.29, 0.717) is 17.0 Å². The molecule has 0 spiro atoms. The van der Waals surface area contributed by atoms with Crippen LogP contribution in [0.25, 0.3) is 0 Å². The topological polar surface area (TPSA) is 59.4 Å². The third-order valence-electron chi connectivity index (χ3n) is 2.74. The molecule has 0 amide bonds. The van der Waals surface area contributed by atoms with Crippen molar-refractivity contribution in [3.05, 3.63) is 45.4 Å². The second-order valence-corrected chi connectivity index (χ2v) is 5.15. The van der Waals surface area contributed by atoms with E-state index in [1.807, 2.05) is 31.2 Å². The van der Waals surface area contributed by atoms with Crippen LogP contribution < -0.4 is 4.74 Å². The van der Waals surface area contributed by atoms with Gasteiger partial charge < -0.3 is 9.84 Å². The molecule has 1 aromatic heterocycles. The molecule has 0 bridgehead atoms. The van der Waals surface area contributed by atoms with Gasteiger partial charge in [0.25, 0.3) is 0 Å². The number of rotatable bonds is 5. The van der Waals surface area contributed by atoms with E-state index in [-0.39, 0.29) is 0 Å². The minimum Gasteiger partial charge on any atom is -0.497 e. The molecule has 100 valence electrons. The van der Waals surface area contributed by atoms with Crippen LogP contribution in [0.1, 0.15) is 32.9 Å². The average Bonchev–Trinajstić information content (AvgIpc) is 2.82. The lowest BCUT2D eigenvalue weighted by molar-refractivity contribution is 0.0701. The molecule has 4 nitrogen and oxygen atoms in total. The van der Waals surface area contributed by atoms with Gasteiger partial charge in [0.15, 0.2) is 0 Å². The van der Waals surface area contributed by atoms with Crippen molar-refractivity contribution >= 4 is 17.3 Å². The molecule has 0 aliphatic rings. The Kier molecular flexibility index (Phi) is 4.16. The van der Waals surface area contributed by atoms with Gasteiger partial charge in [0.1, 0.15) is 10.6 Å². The molecule has 0 unspecified atom stereocenters. The maximum Gasteiger partial charge on any atom is 0.347 e. The molecule has 5 heteroatoms. The minimum absolute atomic E-state index is 0.333. The van der Waals surface area contributed by atoms with Crippen LogP contribution >= 0.6 is 11.3 Å². The first-order chi connectivity index (χ1) is 9.13. The summed E-state index contributed by atoms with van der Waals surface area (Å²) in [5.74, 6) is -0.143. The van der Waals surface area contributed by atoms with Crippen molar-refractivity contribution in [3.8, 4) is 5.75 Å². The zero-order valence-electron chi connectivity index (χ0n) is 10.8. The Morgan fingerprint density at radius 1 is 1.47 bits per heavy atom. The van der Waals surface area contributed by atoms with E-state index in [2.05, 4.69) is 4.98 Å². The Bertz CT molecular complexity index is 592. The van der Waals surface area contributed by atoms with Gasteiger partial charge in [-0.25, -0.2) is 9.78 Å². The van der Waals surface area contributed by atoms with Crippen molar-refractivity contribution < 1.29 is 14.6 Å². The summed E-state index contributed by atoms with van der Waals surface area (Å²) >= 11 is 1.25. The number of carbonyl (C=O) groups is 1. The maximum absolute atomic E-state index is 11.2. The number of hydrogen-bond acceptors (Lipinski definition) is 4. The van der Waals surface area contributed by atoms with Gasteiger partial charge in [-0.15, -0.1) is 11.3 Å². The molecule has 0 aliphatic heterocycles. The van der Waals surface area contributed by atoms with Crippen LogP contribution in [0.3, 0.4) is 0 Å². The highest BCUT2D eigenvalue weighted by molar-refractivity contribution is 7.13. The van der Waals surface area contributed by atoms with Gasteiger partial charge in [-0.3, -0.25) is 0 Å². The molecule has 0 fully saturated rings. The van der Waals surface area contributed by atoms with Crippen LogP contribution in [-0.2, 0) is 12.8 Å². The maximum atomic E-state index is 11.2. The Hall–Kier alpha value is -1.88. The molecule has 1 N–H and O–H groups in total. The molecule has 0 aliphatic carbocycles. The van der Waals surface area contributed by atoms with E-state index in [4.69, 9.17) is 4.74 Å². The van der Waals surface area contributed by atoms with Crippen molar-refractivity contribution in [1.29, 1.82) is 0 Å². The number of carboxylic acids is 1. The number of methoxy groups -OCH3 is 1. The van der Waals surface area contributed by atoms with E-state index < -0.39 is 5.97 Å². The van der Waals surface area contributed by atoms with Crippen molar-refractivity contribution in [1.82, 2.24) is 4.98 Å². The van der Waals surface area contributed by atoms with Crippen LogP contribution in [0.5, 0.6) is 5.75 Å². The highest BCUT2D eigenvalue weighted by Crippen LogP contribution is 2.23. The number of carboxylic acid groups (broad SMARTS) is 1. The molecule has 0 saturated heterocycles. The number of nitrogens with zero attached hydrogens (tertiary/aromatic N) is 1. The molecular formula is C14H15NO3S. The van der Waals surface area contributed by atoms with Gasteiger partial charge in [0.2, 0.25) is 0 Å². The lowest BCUT2D eigenvalue weighted by atomic mass is 10.1. The first-order valence-electron chi connectivity index (χ1n) is 5.98. The van der Waals surface area contributed by atoms with Gasteiger partial charge in [-0.1, -0.05) is 19.1 Å². The number of ether oxygens (including phenoxy) is 1. The summed E-state index contributed by atoms with van der Waals surface area (Å²) in [6.45, 7) is 1.97. The number of hydrogen-bond donors (Lipinski definition) is 1. The Balaban J connectivity index is 2.31. The summed E-state index contributed by atoms with van der Waals surface area (Å²) in [5, 5.41) is 10.1. The first-order valence-corrected chi connectivity index (χ1v) is 6.80. The summed E-state index contributed by atoms with van der Waals surface area (Å²) in [6.07, 6.45) is 1.26. The van der Waals surface area contributed by atoms with Crippen LogP contribution in [0.15, 0.2) is 24.3 Å². The lowest BCUT2D eigenvalue weighted by Gasteiger charge is -2.03. The smallest absolute Gasteiger partial charge is 0.347 e. The Labute approximate surface area is 115 Å². The number of aromatic nitrogens is 1. The normalized spacial score (nSPS) is 10.4. The van der Waals surface area contributed by atoms with Crippen molar-refractivity contribution in [2.45, 2.75) is 19.8 Å². The zero-order valence-corrected chi connectivity index (χ0v) is 11.7. The van der Waals surface area contributed by atoms with Gasteiger partial charge >= 0.3 is 5.97 Å². The fraction of sp³-hybridized carbons (Fsp3) is 0.286. The van der Waals surface area contributed by atoms with Gasteiger partial charge in [-0.05, 0) is 24.1 Å². The van der Waals surface area contributed by atoms with E-state index >= 15 is 0 Å². The van der Waals surface area contributed by atoms with Gasteiger partial charge in [0.05, 0.1) is 17.8 Å². The Morgan fingerprint density at radius 2 is 2.26 bits per heavy atom. The predicted molar refractivity (Wildman–Crippen MR) is 74.3 cm³/mol. The fourth-order valence-corrected chi connectivity index (χ4v) is 2.67. The predicted octanol–water partition coefficient (Wildman–Crippen LogP) is 3.00. The number of aromatic carboxylic acids is 1. The van der Waals surface area contributed by atoms with Crippen LogP contribution in [0.2, 0.25) is 0 Å². The molecule has 0 saturated carbocycles. The highest BCUT2D eigenvalue weighted by atomic mass is 32.1. The van der Waals surface area contributed by atoms with E-state index in [1.54, 1.807) is 7.11 Å². The second-order valence-electron chi connectivity index (χ2n) is 4.07. The Morgan fingerprint density at radius 3 is 2.89 bits per heavy atom. The summed E-state index contributed by atoms with van der Waals surface area (Å²) in [6, 6.07) is 7.59. The monoisotopic (exact) mass is 277 g/mol. The minimum atomic E-state index is -0.907. The molecule has 0 radical (unpaired) electrons. The highest BCUT2D eigenvalue weighted by Gasteiger charge is 2.16. The standard InChI is InChI=1S/C14H15NO3S/c1-3-12-15-11(13(19-12)14(16)17)8-9-5-4-6-10(7-9)18-2/h4-7H,3,8H2,1-2H3,(H,16,17). The van der Waals surface area contributed by atoms with Crippen molar-refractivity contribution in [2.24, 2.45) is 0 Å². The number of benzene rings is 1. The summed E-state index contributed by atoms with van der Waals surface area (Å²) in [4.78, 5) is 15.9. The van der Waals surface area contributed by atoms with Crippen molar-refractivity contribution in [2.75, 3.05) is 7.11 Å². The van der Waals surface area contributed by atoms with Crippen molar-refractivity contribution in [3.63, 3.8) is 0 Å². The molecule has 1 aromatic carbocycles. The second kappa shape index (κ2) is 5.84. The molecule has 0 atom stereocenters. The molecule has 2 rings (SSSR count). The quantitative estimate of drug-likeness (QED) is 0.912. The molecule has 2 aromatic rings. The van der Waals surface area contributed by atoms with E-state index in [9.17, 15) is 9.90 Å². The summed E-state index contributed by atoms with van der Waals surface area (Å²) in [5.41, 5.74) is 1.62. The summed E-state index contributed by atoms with van der Waals surface area (Å²) in [7, 11) is 1.61. The van der Waals surface area contributed by atoms with E-state index in [0.717, 1.165) is 22.7 Å². The van der Waals surface area contributed by atoms with Gasteiger partial charge in [0, 0.05) is 6.42 Å². The van der Waals surface area contributed by atoms with Crippen LogP contribution in [0.4, 0.5) is 0 Å². The average molecular weight is 277 g/mol. The fourth-order valence-electron chi connectivity index (χ4n) is 1.81. The van der Waals surface area contributed by atoms with Crippen LogP contribution in [0, 0.1) is 0 Å². The number of aryl methyl sites for hydroxylation is 1. The SMILES string of the molecule is CCc1nc(Cc2cccc(OC)c2)c(C(=O)O)s1. The molecule has 1 heterocycles.